The summed E-state index contributed by atoms with van der Waals surface area (Å²) in [6.07, 6.45) is 0. The second-order valence-corrected chi connectivity index (χ2v) is 7.76. The number of aromatic nitrogens is 1. The molecule has 1 aromatic heterocycles. The zero-order valence-corrected chi connectivity index (χ0v) is 17.7. The van der Waals surface area contributed by atoms with Crippen molar-refractivity contribution in [2.45, 2.75) is 40.2 Å². The fraction of sp³-hybridized carbons (Fsp3) is 0.273. The third-order valence-electron chi connectivity index (χ3n) is 4.50. The molecule has 6 heteroatoms. The Morgan fingerprint density at radius 3 is 2.43 bits per heavy atom. The summed E-state index contributed by atoms with van der Waals surface area (Å²) in [6.45, 7) is 7.72. The largest absolute Gasteiger partial charge is 0.489 e. The van der Waals surface area contributed by atoms with E-state index in [1.54, 1.807) is 37.3 Å². The predicted molar refractivity (Wildman–Crippen MR) is 112 cm³/mol. The highest BCUT2D eigenvalue weighted by atomic mass is 35.5. The lowest BCUT2D eigenvalue weighted by molar-refractivity contribution is 0.101. The molecule has 28 heavy (non-hydrogen) atoms. The summed E-state index contributed by atoms with van der Waals surface area (Å²) < 4.78 is 11.6. The minimum absolute atomic E-state index is 0.0285. The van der Waals surface area contributed by atoms with Gasteiger partial charge >= 0.3 is 0 Å². The van der Waals surface area contributed by atoms with Crippen LogP contribution in [-0.4, -0.2) is 10.9 Å². The van der Waals surface area contributed by atoms with Crippen LogP contribution < -0.4 is 4.74 Å². The van der Waals surface area contributed by atoms with E-state index in [-0.39, 0.29) is 18.3 Å². The maximum atomic E-state index is 11.6. The minimum Gasteiger partial charge on any atom is -0.489 e. The van der Waals surface area contributed by atoms with Crippen molar-refractivity contribution < 1.29 is 14.1 Å². The van der Waals surface area contributed by atoms with Crippen LogP contribution in [0.1, 0.15) is 53.9 Å². The number of hydrogen-bond donors (Lipinski definition) is 0. The topological polar surface area (TPSA) is 52.3 Å². The summed E-state index contributed by atoms with van der Waals surface area (Å²) in [6, 6.07) is 10.7. The van der Waals surface area contributed by atoms with Crippen molar-refractivity contribution >= 4 is 29.0 Å². The fourth-order valence-electron chi connectivity index (χ4n) is 3.11. The van der Waals surface area contributed by atoms with Crippen molar-refractivity contribution in [1.29, 1.82) is 0 Å². The molecule has 0 amide bonds. The highest BCUT2D eigenvalue weighted by Gasteiger charge is 2.23. The Labute approximate surface area is 174 Å². The number of ether oxygens (including phenoxy) is 1. The molecule has 1 heterocycles. The van der Waals surface area contributed by atoms with Crippen molar-refractivity contribution in [3.05, 3.63) is 68.9 Å². The first kappa shape index (κ1) is 20.4. The number of rotatable bonds is 6. The lowest BCUT2D eigenvalue weighted by Crippen LogP contribution is -2.02. The van der Waals surface area contributed by atoms with Crippen LogP contribution >= 0.6 is 23.2 Å². The number of carbonyl (C=O) groups is 1. The standard InChI is InChI=1S/C22H21Cl2NO3/c1-12(2)22-17(11-27-15-8-9-16(14(4)26)13(3)10-15)21(25-28-22)20-18(23)6-5-7-19(20)24/h5-10,12H,11H2,1-4H3. The van der Waals surface area contributed by atoms with Gasteiger partial charge in [-0.25, -0.2) is 0 Å². The van der Waals surface area contributed by atoms with Crippen LogP contribution in [0.25, 0.3) is 11.3 Å². The van der Waals surface area contributed by atoms with Gasteiger partial charge in [-0.2, -0.15) is 0 Å². The van der Waals surface area contributed by atoms with Crippen LogP contribution in [0.2, 0.25) is 10.0 Å². The molecule has 2 aromatic carbocycles. The van der Waals surface area contributed by atoms with Crippen LogP contribution in [0.4, 0.5) is 0 Å². The molecule has 0 bridgehead atoms. The number of halogens is 2. The van der Waals surface area contributed by atoms with Crippen LogP contribution in [0, 0.1) is 6.92 Å². The highest BCUT2D eigenvalue weighted by Crippen LogP contribution is 2.38. The molecule has 0 saturated carbocycles. The summed E-state index contributed by atoms with van der Waals surface area (Å²) in [4.78, 5) is 11.6. The number of nitrogens with zero attached hydrogens (tertiary/aromatic N) is 1. The number of carbonyl (C=O) groups excluding carboxylic acids is 1. The molecule has 0 N–H and O–H groups in total. The van der Waals surface area contributed by atoms with Crippen molar-refractivity contribution in [2.75, 3.05) is 0 Å². The van der Waals surface area contributed by atoms with E-state index in [0.717, 1.165) is 16.9 Å². The summed E-state index contributed by atoms with van der Waals surface area (Å²) in [5, 5.41) is 5.23. The van der Waals surface area contributed by atoms with Gasteiger partial charge in [-0.05, 0) is 49.7 Å². The third kappa shape index (κ3) is 4.08. The molecule has 0 spiro atoms. The van der Waals surface area contributed by atoms with E-state index in [9.17, 15) is 4.79 Å². The van der Waals surface area contributed by atoms with E-state index in [4.69, 9.17) is 32.5 Å². The summed E-state index contributed by atoms with van der Waals surface area (Å²) in [5.41, 5.74) is 3.57. The maximum Gasteiger partial charge on any atom is 0.160 e. The van der Waals surface area contributed by atoms with Crippen molar-refractivity contribution in [2.24, 2.45) is 0 Å². The Bertz CT molecular complexity index is 1000. The Kier molecular flexibility index (Phi) is 6.11. The zero-order chi connectivity index (χ0) is 20.4. The molecule has 0 aliphatic rings. The quantitative estimate of drug-likeness (QED) is 0.410. The maximum absolute atomic E-state index is 11.6. The number of ketones is 1. The number of aryl methyl sites for hydroxylation is 1. The first-order chi connectivity index (χ1) is 13.3. The minimum atomic E-state index is 0.0285. The SMILES string of the molecule is CC(=O)c1ccc(OCc2c(-c3c(Cl)cccc3Cl)noc2C(C)C)cc1C. The van der Waals surface area contributed by atoms with Crippen LogP contribution in [0.5, 0.6) is 5.75 Å². The Balaban J connectivity index is 1.97. The molecular weight excluding hydrogens is 397 g/mol. The summed E-state index contributed by atoms with van der Waals surface area (Å²) in [5.74, 6) is 1.53. The Hall–Kier alpha value is -2.30. The van der Waals surface area contributed by atoms with Gasteiger partial charge in [-0.15, -0.1) is 0 Å². The second kappa shape index (κ2) is 8.38. The van der Waals surface area contributed by atoms with Gasteiger partial charge in [0.05, 0.1) is 15.6 Å². The molecular formula is C22H21Cl2NO3. The van der Waals surface area contributed by atoms with Gasteiger partial charge in [0, 0.05) is 17.0 Å². The number of hydrogen-bond acceptors (Lipinski definition) is 4. The number of benzene rings is 2. The van der Waals surface area contributed by atoms with Crippen molar-refractivity contribution in [3.8, 4) is 17.0 Å². The molecule has 0 unspecified atom stereocenters. The second-order valence-electron chi connectivity index (χ2n) is 6.95. The molecule has 0 fully saturated rings. The lowest BCUT2D eigenvalue weighted by atomic mass is 10.0. The lowest BCUT2D eigenvalue weighted by Gasteiger charge is -2.12. The fourth-order valence-corrected chi connectivity index (χ4v) is 3.69. The molecule has 0 aliphatic heterocycles. The Morgan fingerprint density at radius 2 is 1.86 bits per heavy atom. The average Bonchev–Trinajstić information content (AvgIpc) is 3.03. The smallest absolute Gasteiger partial charge is 0.160 e. The number of Topliss-reactive ketones (excluding diaryl/α,β-unsaturated/α-hetero) is 1. The van der Waals surface area contributed by atoms with Crippen LogP contribution in [0.15, 0.2) is 40.9 Å². The van der Waals surface area contributed by atoms with E-state index in [1.807, 2.05) is 26.8 Å². The first-order valence-electron chi connectivity index (χ1n) is 8.96. The highest BCUT2D eigenvalue weighted by molar-refractivity contribution is 6.39. The van der Waals surface area contributed by atoms with Gasteiger partial charge < -0.3 is 9.26 Å². The zero-order valence-electron chi connectivity index (χ0n) is 16.2. The van der Waals surface area contributed by atoms with Gasteiger partial charge in [0.25, 0.3) is 0 Å². The predicted octanol–water partition coefficient (Wildman–Crippen LogP) is 6.86. The van der Waals surface area contributed by atoms with Gasteiger partial charge in [0.15, 0.2) is 5.78 Å². The van der Waals surface area contributed by atoms with Gasteiger partial charge in [0.2, 0.25) is 0 Å². The molecule has 3 rings (SSSR count). The molecule has 4 nitrogen and oxygen atoms in total. The van der Waals surface area contributed by atoms with Crippen LogP contribution in [0.3, 0.4) is 0 Å². The summed E-state index contributed by atoms with van der Waals surface area (Å²) >= 11 is 12.7. The van der Waals surface area contributed by atoms with E-state index in [1.165, 1.54) is 0 Å². The molecule has 146 valence electrons. The summed E-state index contributed by atoms with van der Waals surface area (Å²) in [7, 11) is 0. The normalized spacial score (nSPS) is 11.1. The van der Waals surface area contributed by atoms with Crippen molar-refractivity contribution in [1.82, 2.24) is 5.16 Å². The monoisotopic (exact) mass is 417 g/mol. The average molecular weight is 418 g/mol. The van der Waals surface area contributed by atoms with E-state index < -0.39 is 0 Å². The van der Waals surface area contributed by atoms with Crippen molar-refractivity contribution in [3.63, 3.8) is 0 Å². The van der Waals surface area contributed by atoms with Gasteiger partial charge in [-0.1, -0.05) is 48.3 Å². The molecule has 3 aromatic rings. The van der Waals surface area contributed by atoms with E-state index in [2.05, 4.69) is 5.16 Å². The van der Waals surface area contributed by atoms with E-state index in [0.29, 0.717) is 32.6 Å². The first-order valence-corrected chi connectivity index (χ1v) is 9.72. The Morgan fingerprint density at radius 1 is 1.18 bits per heavy atom. The molecule has 0 radical (unpaired) electrons. The van der Waals surface area contributed by atoms with Gasteiger partial charge in [-0.3, -0.25) is 4.79 Å². The molecule has 0 aliphatic carbocycles. The van der Waals surface area contributed by atoms with E-state index >= 15 is 0 Å². The van der Waals surface area contributed by atoms with Gasteiger partial charge in [0.1, 0.15) is 23.8 Å². The third-order valence-corrected chi connectivity index (χ3v) is 5.13. The van der Waals surface area contributed by atoms with Crippen LogP contribution in [-0.2, 0) is 6.61 Å². The molecule has 0 atom stereocenters. The molecule has 0 saturated heterocycles.